The van der Waals surface area contributed by atoms with Crippen LogP contribution in [0.15, 0.2) is 63.7 Å². The summed E-state index contributed by atoms with van der Waals surface area (Å²) in [6, 6.07) is 13.0. The smallest absolute Gasteiger partial charge is 0.258 e. The number of aromatic nitrogens is 3. The molecule has 1 amide bonds. The Bertz CT molecular complexity index is 1070. The maximum atomic E-state index is 12.4. The Morgan fingerprint density at radius 2 is 2.00 bits per heavy atom. The number of nitrogens with one attached hydrogen (secondary N) is 1. The number of halogens is 1. The Morgan fingerprint density at radius 3 is 2.80 bits per heavy atom. The molecule has 0 aliphatic heterocycles. The van der Waals surface area contributed by atoms with E-state index in [1.807, 2.05) is 30.3 Å². The molecule has 25 heavy (non-hydrogen) atoms. The van der Waals surface area contributed by atoms with Gasteiger partial charge in [0.1, 0.15) is 5.52 Å². The lowest BCUT2D eigenvalue weighted by molar-refractivity contribution is 0.102. The van der Waals surface area contributed by atoms with Gasteiger partial charge >= 0.3 is 0 Å². The molecule has 124 valence electrons. The second-order valence-corrected chi connectivity index (χ2v) is 6.44. The van der Waals surface area contributed by atoms with E-state index >= 15 is 0 Å². The van der Waals surface area contributed by atoms with Crippen molar-refractivity contribution in [3.05, 3.63) is 70.8 Å². The number of nitrogens with zero attached hydrogens (tertiary/aromatic N) is 3. The van der Waals surface area contributed by atoms with Gasteiger partial charge in [-0.2, -0.15) is 5.10 Å². The van der Waals surface area contributed by atoms with Gasteiger partial charge < -0.3 is 9.73 Å². The molecule has 0 radical (unpaired) electrons. The first kappa shape index (κ1) is 15.6. The highest BCUT2D eigenvalue weighted by atomic mass is 79.9. The zero-order valence-electron chi connectivity index (χ0n) is 13.2. The fourth-order valence-corrected chi connectivity index (χ4v) is 2.76. The van der Waals surface area contributed by atoms with E-state index in [1.54, 1.807) is 29.9 Å². The van der Waals surface area contributed by atoms with Crippen molar-refractivity contribution in [2.24, 2.45) is 0 Å². The second-order valence-electron chi connectivity index (χ2n) is 5.52. The predicted molar refractivity (Wildman–Crippen MR) is 98.0 cm³/mol. The van der Waals surface area contributed by atoms with E-state index in [0.717, 1.165) is 15.7 Å². The van der Waals surface area contributed by atoms with Crippen molar-refractivity contribution >= 4 is 38.6 Å². The van der Waals surface area contributed by atoms with E-state index in [0.29, 0.717) is 22.7 Å². The van der Waals surface area contributed by atoms with E-state index in [-0.39, 0.29) is 5.91 Å². The zero-order chi connectivity index (χ0) is 17.4. The van der Waals surface area contributed by atoms with E-state index in [2.05, 4.69) is 31.3 Å². The third-order valence-electron chi connectivity index (χ3n) is 3.69. The topological polar surface area (TPSA) is 73.0 Å². The predicted octanol–water partition coefficient (Wildman–Crippen LogP) is 4.34. The van der Waals surface area contributed by atoms with Gasteiger partial charge in [0.05, 0.1) is 17.4 Å². The van der Waals surface area contributed by atoms with Crippen LogP contribution in [-0.2, 0) is 0 Å². The van der Waals surface area contributed by atoms with Crippen molar-refractivity contribution in [3.8, 4) is 5.69 Å². The summed E-state index contributed by atoms with van der Waals surface area (Å²) in [5, 5.41) is 7.09. The number of anilines is 1. The lowest BCUT2D eigenvalue weighted by Crippen LogP contribution is -2.10. The normalized spacial score (nSPS) is 11.0. The van der Waals surface area contributed by atoms with Crippen LogP contribution in [0.4, 0.5) is 5.69 Å². The van der Waals surface area contributed by atoms with Crippen LogP contribution >= 0.6 is 15.9 Å². The van der Waals surface area contributed by atoms with Crippen LogP contribution in [0.2, 0.25) is 0 Å². The summed E-state index contributed by atoms with van der Waals surface area (Å²) in [6.45, 7) is 1.79. The van der Waals surface area contributed by atoms with Crippen LogP contribution in [0.25, 0.3) is 16.8 Å². The minimum atomic E-state index is -0.237. The third-order valence-corrected chi connectivity index (χ3v) is 4.22. The van der Waals surface area contributed by atoms with Crippen LogP contribution in [-0.4, -0.2) is 20.7 Å². The minimum absolute atomic E-state index is 0.237. The molecule has 0 unspecified atom stereocenters. The van der Waals surface area contributed by atoms with Gasteiger partial charge in [0, 0.05) is 29.3 Å². The highest BCUT2D eigenvalue weighted by molar-refractivity contribution is 9.10. The molecular weight excluding hydrogens is 384 g/mol. The van der Waals surface area contributed by atoms with E-state index in [1.165, 1.54) is 6.20 Å². The number of aryl methyl sites for hydroxylation is 1. The monoisotopic (exact) mass is 396 g/mol. The molecule has 0 aliphatic carbocycles. The van der Waals surface area contributed by atoms with Gasteiger partial charge in [0.15, 0.2) is 11.5 Å². The molecule has 2 aromatic carbocycles. The molecule has 0 bridgehead atoms. The maximum absolute atomic E-state index is 12.4. The van der Waals surface area contributed by atoms with Crippen LogP contribution in [0.3, 0.4) is 0 Å². The summed E-state index contributed by atoms with van der Waals surface area (Å²) in [5.74, 6) is 0.355. The van der Waals surface area contributed by atoms with Crippen molar-refractivity contribution in [3.63, 3.8) is 0 Å². The molecule has 2 heterocycles. The molecule has 0 fully saturated rings. The molecular formula is C18H13BrN4O2. The molecule has 0 aliphatic rings. The Morgan fingerprint density at radius 1 is 1.20 bits per heavy atom. The first-order valence-electron chi connectivity index (χ1n) is 7.58. The number of hydrogen-bond donors (Lipinski definition) is 1. The number of carbonyl (C=O) groups excluding carboxylic acids is 1. The summed E-state index contributed by atoms with van der Waals surface area (Å²) in [6.07, 6.45) is 3.23. The molecule has 0 saturated carbocycles. The Labute approximate surface area is 151 Å². The number of fused-ring (bicyclic) bond motifs is 1. The standard InChI is InChI=1S/C18H13BrN4O2/c1-11-21-16-7-4-14(8-17(16)25-11)22-18(24)12-9-20-23(10-12)15-5-2-13(19)3-6-15/h2-10H,1H3,(H,22,24). The highest BCUT2D eigenvalue weighted by Crippen LogP contribution is 2.20. The van der Waals surface area contributed by atoms with Gasteiger partial charge in [-0.1, -0.05) is 15.9 Å². The molecule has 2 aromatic heterocycles. The summed E-state index contributed by atoms with van der Waals surface area (Å²) < 4.78 is 8.13. The Kier molecular flexibility index (Phi) is 3.85. The van der Waals surface area contributed by atoms with Crippen molar-refractivity contribution in [1.82, 2.24) is 14.8 Å². The second kappa shape index (κ2) is 6.18. The Balaban J connectivity index is 1.55. The highest BCUT2D eigenvalue weighted by Gasteiger charge is 2.11. The lowest BCUT2D eigenvalue weighted by Gasteiger charge is -2.03. The van der Waals surface area contributed by atoms with Gasteiger partial charge in [-0.05, 0) is 36.4 Å². The summed E-state index contributed by atoms with van der Waals surface area (Å²) in [7, 11) is 0. The average Bonchev–Trinajstić information content (AvgIpc) is 3.21. The van der Waals surface area contributed by atoms with Crippen molar-refractivity contribution in [1.29, 1.82) is 0 Å². The molecule has 4 aromatic rings. The molecule has 4 rings (SSSR count). The fraction of sp³-hybridized carbons (Fsp3) is 0.0556. The van der Waals surface area contributed by atoms with Crippen molar-refractivity contribution in [2.45, 2.75) is 6.92 Å². The van der Waals surface area contributed by atoms with Crippen LogP contribution in [0, 0.1) is 6.92 Å². The van der Waals surface area contributed by atoms with Gasteiger partial charge in [0.2, 0.25) is 0 Å². The summed E-state index contributed by atoms with van der Waals surface area (Å²) in [5.41, 5.74) is 3.39. The largest absolute Gasteiger partial charge is 0.441 e. The van der Waals surface area contributed by atoms with Gasteiger partial charge in [-0.15, -0.1) is 0 Å². The number of hydrogen-bond acceptors (Lipinski definition) is 4. The lowest BCUT2D eigenvalue weighted by atomic mass is 10.2. The SMILES string of the molecule is Cc1nc2ccc(NC(=O)c3cnn(-c4ccc(Br)cc4)c3)cc2o1. The van der Waals surface area contributed by atoms with Gasteiger partial charge in [-0.3, -0.25) is 4.79 Å². The maximum Gasteiger partial charge on any atom is 0.258 e. The molecule has 0 saturated heterocycles. The van der Waals surface area contributed by atoms with Gasteiger partial charge in [-0.25, -0.2) is 9.67 Å². The number of amides is 1. The number of rotatable bonds is 3. The fourth-order valence-electron chi connectivity index (χ4n) is 2.50. The first-order chi connectivity index (χ1) is 12.1. The summed E-state index contributed by atoms with van der Waals surface area (Å²) >= 11 is 3.40. The number of carbonyl (C=O) groups is 1. The molecule has 7 heteroatoms. The molecule has 1 N–H and O–H groups in total. The van der Waals surface area contributed by atoms with Gasteiger partial charge in [0.25, 0.3) is 5.91 Å². The van der Waals surface area contributed by atoms with E-state index in [9.17, 15) is 4.79 Å². The van der Waals surface area contributed by atoms with Crippen LogP contribution < -0.4 is 5.32 Å². The third kappa shape index (κ3) is 3.18. The minimum Gasteiger partial charge on any atom is -0.441 e. The van der Waals surface area contributed by atoms with E-state index in [4.69, 9.17) is 4.42 Å². The first-order valence-corrected chi connectivity index (χ1v) is 8.37. The quantitative estimate of drug-likeness (QED) is 0.558. The zero-order valence-corrected chi connectivity index (χ0v) is 14.8. The Hall–Kier alpha value is -2.93. The molecule has 0 spiro atoms. The molecule has 0 atom stereocenters. The van der Waals surface area contributed by atoms with E-state index < -0.39 is 0 Å². The van der Waals surface area contributed by atoms with Crippen LogP contribution in [0.5, 0.6) is 0 Å². The number of oxazole rings is 1. The molecule has 6 nitrogen and oxygen atoms in total. The average molecular weight is 397 g/mol. The summed E-state index contributed by atoms with van der Waals surface area (Å²) in [4.78, 5) is 16.7. The van der Waals surface area contributed by atoms with Crippen molar-refractivity contribution in [2.75, 3.05) is 5.32 Å². The number of benzene rings is 2. The van der Waals surface area contributed by atoms with Crippen molar-refractivity contribution < 1.29 is 9.21 Å². The van der Waals surface area contributed by atoms with Crippen LogP contribution in [0.1, 0.15) is 16.2 Å².